The Bertz CT molecular complexity index is 576. The standard InChI is InChI=1S/C14H15FN2O3/c1-2-17(9-13(16)19)14(20)11-6-5-10(4-3-7-18)8-12(11)15/h5-6,8,18H,2,7,9H2,1H3,(H2,16,19). The molecule has 106 valence electrons. The zero-order chi connectivity index (χ0) is 15.1. The van der Waals surface area contributed by atoms with Gasteiger partial charge in [0.25, 0.3) is 5.91 Å². The van der Waals surface area contributed by atoms with E-state index in [4.69, 9.17) is 10.8 Å². The van der Waals surface area contributed by atoms with E-state index in [-0.39, 0.29) is 25.3 Å². The summed E-state index contributed by atoms with van der Waals surface area (Å²) >= 11 is 0. The lowest BCUT2D eigenvalue weighted by Gasteiger charge is -2.19. The summed E-state index contributed by atoms with van der Waals surface area (Å²) in [4.78, 5) is 24.1. The highest BCUT2D eigenvalue weighted by molar-refractivity contribution is 5.96. The highest BCUT2D eigenvalue weighted by Crippen LogP contribution is 2.12. The van der Waals surface area contributed by atoms with E-state index in [2.05, 4.69) is 11.8 Å². The number of carbonyl (C=O) groups excluding carboxylic acids is 2. The van der Waals surface area contributed by atoms with E-state index in [9.17, 15) is 14.0 Å². The van der Waals surface area contributed by atoms with Gasteiger partial charge in [0.15, 0.2) is 0 Å². The monoisotopic (exact) mass is 278 g/mol. The van der Waals surface area contributed by atoms with Gasteiger partial charge in [0.2, 0.25) is 5.91 Å². The number of hydrogen-bond donors (Lipinski definition) is 2. The van der Waals surface area contributed by atoms with Gasteiger partial charge in [0.05, 0.1) is 12.1 Å². The second-order valence-corrected chi connectivity index (χ2v) is 3.94. The molecule has 0 unspecified atom stereocenters. The van der Waals surface area contributed by atoms with Crippen LogP contribution in [0.15, 0.2) is 18.2 Å². The van der Waals surface area contributed by atoms with Crippen molar-refractivity contribution in [2.75, 3.05) is 19.7 Å². The van der Waals surface area contributed by atoms with E-state index in [1.807, 2.05) is 0 Å². The fourth-order valence-electron chi connectivity index (χ4n) is 1.59. The first-order valence-corrected chi connectivity index (χ1v) is 5.96. The number of amides is 2. The van der Waals surface area contributed by atoms with Gasteiger partial charge in [-0.3, -0.25) is 9.59 Å². The molecular weight excluding hydrogens is 263 g/mol. The molecule has 0 radical (unpaired) electrons. The van der Waals surface area contributed by atoms with E-state index in [1.165, 1.54) is 12.1 Å². The minimum absolute atomic E-state index is 0.150. The molecule has 0 bridgehead atoms. The number of nitrogens with zero attached hydrogens (tertiary/aromatic N) is 1. The Morgan fingerprint density at radius 3 is 2.65 bits per heavy atom. The molecule has 0 heterocycles. The van der Waals surface area contributed by atoms with Gasteiger partial charge in [0.1, 0.15) is 12.4 Å². The number of halogens is 1. The molecule has 3 N–H and O–H groups in total. The van der Waals surface area contributed by atoms with Crippen LogP contribution < -0.4 is 5.73 Å². The van der Waals surface area contributed by atoms with Crippen LogP contribution in [0.25, 0.3) is 0 Å². The molecule has 1 rings (SSSR count). The largest absolute Gasteiger partial charge is 0.384 e. The van der Waals surface area contributed by atoms with Crippen molar-refractivity contribution in [3.8, 4) is 11.8 Å². The molecule has 0 saturated carbocycles. The molecule has 0 fully saturated rings. The maximum atomic E-state index is 13.9. The second-order valence-electron chi connectivity index (χ2n) is 3.94. The van der Waals surface area contributed by atoms with Crippen molar-refractivity contribution in [1.82, 2.24) is 4.90 Å². The summed E-state index contributed by atoms with van der Waals surface area (Å²) in [7, 11) is 0. The third-order valence-electron chi connectivity index (χ3n) is 2.53. The average molecular weight is 278 g/mol. The van der Waals surface area contributed by atoms with Gasteiger partial charge in [-0.1, -0.05) is 11.8 Å². The number of hydrogen-bond acceptors (Lipinski definition) is 3. The highest BCUT2D eigenvalue weighted by Gasteiger charge is 2.19. The Morgan fingerprint density at radius 1 is 1.45 bits per heavy atom. The van der Waals surface area contributed by atoms with Gasteiger partial charge in [-0.15, -0.1) is 0 Å². The quantitative estimate of drug-likeness (QED) is 0.767. The van der Waals surface area contributed by atoms with Crippen LogP contribution in [0.2, 0.25) is 0 Å². The average Bonchev–Trinajstić information content (AvgIpc) is 2.41. The van der Waals surface area contributed by atoms with Gasteiger partial charge in [-0.2, -0.15) is 0 Å². The summed E-state index contributed by atoms with van der Waals surface area (Å²) in [5, 5.41) is 8.56. The van der Waals surface area contributed by atoms with Gasteiger partial charge in [0, 0.05) is 12.1 Å². The zero-order valence-electron chi connectivity index (χ0n) is 11.0. The van der Waals surface area contributed by atoms with Gasteiger partial charge < -0.3 is 15.7 Å². The van der Waals surface area contributed by atoms with Crippen molar-refractivity contribution in [3.63, 3.8) is 0 Å². The number of benzene rings is 1. The third-order valence-corrected chi connectivity index (χ3v) is 2.53. The number of aliphatic hydroxyl groups is 1. The van der Waals surface area contributed by atoms with E-state index < -0.39 is 17.6 Å². The Labute approximate surface area is 116 Å². The molecule has 0 atom stereocenters. The Balaban J connectivity index is 3.01. The Morgan fingerprint density at radius 2 is 2.15 bits per heavy atom. The second kappa shape index (κ2) is 7.26. The topological polar surface area (TPSA) is 83.6 Å². The summed E-state index contributed by atoms with van der Waals surface area (Å²) in [6, 6.07) is 3.87. The van der Waals surface area contributed by atoms with Crippen molar-refractivity contribution in [1.29, 1.82) is 0 Å². The van der Waals surface area contributed by atoms with Gasteiger partial charge >= 0.3 is 0 Å². The molecule has 0 spiro atoms. The number of likely N-dealkylation sites (N-methyl/N-ethyl adjacent to an activating group) is 1. The highest BCUT2D eigenvalue weighted by atomic mass is 19.1. The molecule has 0 aromatic heterocycles. The summed E-state index contributed by atoms with van der Waals surface area (Å²) in [6.07, 6.45) is 0. The molecule has 0 aliphatic heterocycles. The zero-order valence-corrected chi connectivity index (χ0v) is 11.0. The predicted octanol–water partition coefficient (Wildman–Crippen LogP) is 0.117. The van der Waals surface area contributed by atoms with Gasteiger partial charge in [-0.25, -0.2) is 4.39 Å². The molecule has 0 saturated heterocycles. The molecule has 20 heavy (non-hydrogen) atoms. The third kappa shape index (κ3) is 4.07. The van der Waals surface area contributed by atoms with Crippen LogP contribution in [0.5, 0.6) is 0 Å². The lowest BCUT2D eigenvalue weighted by atomic mass is 10.1. The molecule has 1 aromatic carbocycles. The molecule has 0 aliphatic rings. The van der Waals surface area contributed by atoms with Crippen LogP contribution in [-0.4, -0.2) is 41.5 Å². The van der Waals surface area contributed by atoms with Crippen molar-refractivity contribution in [2.24, 2.45) is 5.73 Å². The van der Waals surface area contributed by atoms with Crippen LogP contribution in [0.3, 0.4) is 0 Å². The lowest BCUT2D eigenvalue weighted by Crippen LogP contribution is -2.38. The summed E-state index contributed by atoms with van der Waals surface area (Å²) < 4.78 is 13.9. The van der Waals surface area contributed by atoms with E-state index >= 15 is 0 Å². The molecule has 5 nitrogen and oxygen atoms in total. The van der Waals surface area contributed by atoms with Crippen LogP contribution in [-0.2, 0) is 4.79 Å². The molecule has 6 heteroatoms. The van der Waals surface area contributed by atoms with Crippen LogP contribution in [0, 0.1) is 17.7 Å². The minimum Gasteiger partial charge on any atom is -0.384 e. The first-order valence-electron chi connectivity index (χ1n) is 5.96. The SMILES string of the molecule is CCN(CC(N)=O)C(=O)c1ccc(C#CCO)cc1F. The Hall–Kier alpha value is -2.39. The fourth-order valence-corrected chi connectivity index (χ4v) is 1.59. The van der Waals surface area contributed by atoms with E-state index in [0.717, 1.165) is 11.0 Å². The molecule has 1 aromatic rings. The van der Waals surface area contributed by atoms with Crippen LogP contribution in [0.1, 0.15) is 22.8 Å². The van der Waals surface area contributed by atoms with Crippen LogP contribution in [0.4, 0.5) is 4.39 Å². The first kappa shape index (κ1) is 15.7. The van der Waals surface area contributed by atoms with E-state index in [0.29, 0.717) is 5.56 Å². The maximum absolute atomic E-state index is 13.9. The smallest absolute Gasteiger partial charge is 0.257 e. The van der Waals surface area contributed by atoms with Crippen molar-refractivity contribution in [2.45, 2.75) is 6.92 Å². The van der Waals surface area contributed by atoms with Crippen molar-refractivity contribution in [3.05, 3.63) is 35.1 Å². The Kier molecular flexibility index (Phi) is 5.69. The van der Waals surface area contributed by atoms with E-state index in [1.54, 1.807) is 6.92 Å². The first-order chi connectivity index (χ1) is 9.49. The molecule has 2 amide bonds. The number of carbonyl (C=O) groups is 2. The predicted molar refractivity (Wildman–Crippen MR) is 71.1 cm³/mol. The fraction of sp³-hybridized carbons (Fsp3) is 0.286. The summed E-state index contributed by atoms with van der Waals surface area (Å²) in [5.41, 5.74) is 5.24. The molecular formula is C14H15FN2O3. The summed E-state index contributed by atoms with van der Waals surface area (Å²) in [5.74, 6) is 2.92. The van der Waals surface area contributed by atoms with Gasteiger partial charge in [-0.05, 0) is 25.1 Å². The van der Waals surface area contributed by atoms with Crippen molar-refractivity contribution >= 4 is 11.8 Å². The maximum Gasteiger partial charge on any atom is 0.257 e. The normalized spacial score (nSPS) is 9.55. The number of nitrogens with two attached hydrogens (primary N) is 1. The van der Waals surface area contributed by atoms with Crippen molar-refractivity contribution < 1.29 is 19.1 Å². The minimum atomic E-state index is -0.734. The lowest BCUT2D eigenvalue weighted by molar-refractivity contribution is -0.118. The number of primary amides is 1. The summed E-state index contributed by atoms with van der Waals surface area (Å²) in [6.45, 7) is 1.32. The number of aliphatic hydroxyl groups excluding tert-OH is 1. The molecule has 0 aliphatic carbocycles. The number of rotatable bonds is 4. The van der Waals surface area contributed by atoms with Crippen LogP contribution >= 0.6 is 0 Å².